The normalized spacial score (nSPS) is 10.2. The predicted octanol–water partition coefficient (Wildman–Crippen LogP) is 2.06. The molecule has 0 saturated carbocycles. The van der Waals surface area contributed by atoms with Crippen LogP contribution in [0.1, 0.15) is 10.4 Å². The first-order chi connectivity index (χ1) is 12.0. The smallest absolute Gasteiger partial charge is 0.344 e. The number of carbonyl (C=O) groups excluding carboxylic acids is 2. The molecule has 0 fully saturated rings. The molecule has 0 spiro atoms. The summed E-state index contributed by atoms with van der Waals surface area (Å²) in [4.78, 5) is 22.5. The molecule has 0 aliphatic rings. The Morgan fingerprint density at radius 2 is 1.68 bits per heavy atom. The first-order valence-electron chi connectivity index (χ1n) is 7.23. The molecule has 0 unspecified atom stereocenters. The summed E-state index contributed by atoms with van der Waals surface area (Å²) in [6.45, 7) is -0.520. The zero-order valence-corrected chi connectivity index (χ0v) is 13.0. The quantitative estimate of drug-likeness (QED) is 0.581. The predicted molar refractivity (Wildman–Crippen MR) is 83.3 cm³/mol. The van der Waals surface area contributed by atoms with Gasteiger partial charge >= 0.3 is 5.97 Å². The molecule has 2 aromatic carbocycles. The van der Waals surface area contributed by atoms with E-state index in [0.29, 0.717) is 5.75 Å². The maximum atomic E-state index is 13.9. The van der Waals surface area contributed by atoms with Crippen LogP contribution in [-0.4, -0.2) is 31.7 Å². The number of esters is 1. The van der Waals surface area contributed by atoms with E-state index in [9.17, 15) is 18.4 Å². The Morgan fingerprint density at radius 1 is 0.960 bits per heavy atom. The molecule has 0 bridgehead atoms. The van der Waals surface area contributed by atoms with E-state index < -0.39 is 41.4 Å². The van der Waals surface area contributed by atoms with Crippen molar-refractivity contribution in [2.24, 2.45) is 5.73 Å². The highest BCUT2D eigenvalue weighted by atomic mass is 19.1. The number of primary amides is 1. The zero-order chi connectivity index (χ0) is 18.2. The number of para-hydroxylation sites is 1. The van der Waals surface area contributed by atoms with Gasteiger partial charge in [0.1, 0.15) is 30.3 Å². The van der Waals surface area contributed by atoms with Gasteiger partial charge in [0.15, 0.2) is 18.2 Å². The third kappa shape index (κ3) is 5.17. The van der Waals surface area contributed by atoms with E-state index in [0.717, 1.165) is 12.1 Å². The largest absolute Gasteiger partial charge is 0.490 e. The van der Waals surface area contributed by atoms with Gasteiger partial charge in [0.2, 0.25) is 0 Å². The molecule has 0 atom stereocenters. The van der Waals surface area contributed by atoms with E-state index in [4.69, 9.17) is 19.9 Å². The van der Waals surface area contributed by atoms with Crippen LogP contribution in [-0.2, 0) is 9.53 Å². The van der Waals surface area contributed by atoms with Gasteiger partial charge in [-0.25, -0.2) is 13.6 Å². The van der Waals surface area contributed by atoms with Gasteiger partial charge < -0.3 is 19.9 Å². The van der Waals surface area contributed by atoms with Crippen molar-refractivity contribution in [2.75, 3.05) is 19.8 Å². The molecule has 132 valence electrons. The van der Waals surface area contributed by atoms with Gasteiger partial charge in [-0.3, -0.25) is 4.79 Å². The molecule has 0 aromatic heterocycles. The van der Waals surface area contributed by atoms with Crippen molar-refractivity contribution >= 4 is 11.9 Å². The summed E-state index contributed by atoms with van der Waals surface area (Å²) < 4.78 is 42.3. The fourth-order valence-electron chi connectivity index (χ4n) is 1.88. The van der Waals surface area contributed by atoms with Crippen LogP contribution in [0.25, 0.3) is 0 Å². The average molecular weight is 351 g/mol. The second-order valence-electron chi connectivity index (χ2n) is 4.77. The monoisotopic (exact) mass is 351 g/mol. The van der Waals surface area contributed by atoms with Crippen LogP contribution in [0.4, 0.5) is 8.78 Å². The lowest BCUT2D eigenvalue weighted by atomic mass is 10.2. The molecular formula is C17H15F2NO5. The van der Waals surface area contributed by atoms with E-state index in [2.05, 4.69) is 0 Å². The highest BCUT2D eigenvalue weighted by Gasteiger charge is 2.19. The molecule has 6 nitrogen and oxygen atoms in total. The number of hydrogen-bond donors (Lipinski definition) is 1. The van der Waals surface area contributed by atoms with Crippen molar-refractivity contribution in [2.45, 2.75) is 0 Å². The number of halogens is 2. The molecular weight excluding hydrogens is 336 g/mol. The molecule has 1 amide bonds. The number of amides is 1. The lowest BCUT2D eigenvalue weighted by Gasteiger charge is -2.10. The highest BCUT2D eigenvalue weighted by molar-refractivity contribution is 5.93. The maximum Gasteiger partial charge on any atom is 0.344 e. The van der Waals surface area contributed by atoms with E-state index in [-0.39, 0.29) is 13.2 Å². The third-order valence-electron chi connectivity index (χ3n) is 3.01. The van der Waals surface area contributed by atoms with Crippen LogP contribution in [0, 0.1) is 11.6 Å². The summed E-state index contributed by atoms with van der Waals surface area (Å²) >= 11 is 0. The number of nitrogens with two attached hydrogens (primary N) is 1. The van der Waals surface area contributed by atoms with Gasteiger partial charge in [-0.15, -0.1) is 0 Å². The molecule has 2 rings (SSSR count). The van der Waals surface area contributed by atoms with Crippen molar-refractivity contribution < 1.29 is 32.6 Å². The molecule has 25 heavy (non-hydrogen) atoms. The lowest BCUT2D eigenvalue weighted by molar-refractivity contribution is -0.146. The lowest BCUT2D eigenvalue weighted by Crippen LogP contribution is -2.20. The second kappa shape index (κ2) is 8.62. The van der Waals surface area contributed by atoms with Crippen molar-refractivity contribution in [3.8, 4) is 11.5 Å². The second-order valence-corrected chi connectivity index (χ2v) is 4.77. The van der Waals surface area contributed by atoms with Gasteiger partial charge in [-0.05, 0) is 24.3 Å². The summed E-state index contributed by atoms with van der Waals surface area (Å²) in [7, 11) is 0. The molecule has 0 radical (unpaired) electrons. The van der Waals surface area contributed by atoms with E-state index >= 15 is 0 Å². The third-order valence-corrected chi connectivity index (χ3v) is 3.01. The van der Waals surface area contributed by atoms with Crippen LogP contribution >= 0.6 is 0 Å². The molecule has 0 heterocycles. The molecule has 0 saturated heterocycles. The fourth-order valence-corrected chi connectivity index (χ4v) is 1.88. The Kier molecular flexibility index (Phi) is 6.27. The van der Waals surface area contributed by atoms with Gasteiger partial charge in [-0.1, -0.05) is 18.2 Å². The number of rotatable bonds is 8. The first-order valence-corrected chi connectivity index (χ1v) is 7.23. The number of hydrogen-bond acceptors (Lipinski definition) is 5. The van der Waals surface area contributed by atoms with Crippen molar-refractivity contribution in [3.63, 3.8) is 0 Å². The minimum atomic E-state index is -1.28. The topological polar surface area (TPSA) is 87.9 Å². The van der Waals surface area contributed by atoms with Crippen LogP contribution in [0.5, 0.6) is 11.5 Å². The average Bonchev–Trinajstić information content (AvgIpc) is 2.59. The molecule has 8 heteroatoms. The summed E-state index contributed by atoms with van der Waals surface area (Å²) in [5, 5.41) is 0. The van der Waals surface area contributed by atoms with E-state index in [1.54, 1.807) is 24.3 Å². The van der Waals surface area contributed by atoms with Crippen molar-refractivity contribution in [1.29, 1.82) is 0 Å². The Morgan fingerprint density at radius 3 is 2.36 bits per heavy atom. The van der Waals surface area contributed by atoms with Crippen LogP contribution in [0.3, 0.4) is 0 Å². The molecule has 0 aliphatic heterocycles. The van der Waals surface area contributed by atoms with E-state index in [1.807, 2.05) is 6.07 Å². The van der Waals surface area contributed by atoms with Gasteiger partial charge in [0.25, 0.3) is 5.91 Å². The molecule has 2 aromatic rings. The molecule has 2 N–H and O–H groups in total. The minimum Gasteiger partial charge on any atom is -0.490 e. The number of carbonyl (C=O) groups is 2. The van der Waals surface area contributed by atoms with Crippen molar-refractivity contribution in [1.82, 2.24) is 0 Å². The SMILES string of the molecule is NC(=O)c1c(F)ccc(OCC(=O)OCCOc2ccccc2)c1F. The summed E-state index contributed by atoms with van der Waals surface area (Å²) in [5.41, 5.74) is 3.96. The zero-order valence-electron chi connectivity index (χ0n) is 13.0. The summed E-state index contributed by atoms with van der Waals surface area (Å²) in [5.74, 6) is -4.29. The van der Waals surface area contributed by atoms with E-state index in [1.165, 1.54) is 0 Å². The highest BCUT2D eigenvalue weighted by Crippen LogP contribution is 2.22. The van der Waals surface area contributed by atoms with Crippen LogP contribution in [0.15, 0.2) is 42.5 Å². The fraction of sp³-hybridized carbons (Fsp3) is 0.176. The Labute approximate surface area is 142 Å². The minimum absolute atomic E-state index is 0.0322. The van der Waals surface area contributed by atoms with Crippen LogP contribution < -0.4 is 15.2 Å². The van der Waals surface area contributed by atoms with Gasteiger partial charge in [0, 0.05) is 0 Å². The number of ether oxygens (including phenoxy) is 3. The Bertz CT molecular complexity index is 752. The molecule has 0 aliphatic carbocycles. The Balaban J connectivity index is 1.78. The van der Waals surface area contributed by atoms with Crippen LogP contribution in [0.2, 0.25) is 0 Å². The number of benzene rings is 2. The standard InChI is InChI=1S/C17H15F2NO5/c18-12-6-7-13(16(19)15(12)17(20)22)25-10-14(21)24-9-8-23-11-4-2-1-3-5-11/h1-7H,8-10H2,(H2,20,22). The maximum absolute atomic E-state index is 13.9. The van der Waals surface area contributed by atoms with Gasteiger partial charge in [0.05, 0.1) is 0 Å². The first kappa shape index (κ1) is 18.2. The summed E-state index contributed by atoms with van der Waals surface area (Å²) in [6.07, 6.45) is 0. The summed E-state index contributed by atoms with van der Waals surface area (Å²) in [6, 6.07) is 10.7. The Hall–Kier alpha value is -3.16. The van der Waals surface area contributed by atoms with Gasteiger partial charge in [-0.2, -0.15) is 0 Å². The van der Waals surface area contributed by atoms with Crippen molar-refractivity contribution in [3.05, 3.63) is 59.7 Å².